The topological polar surface area (TPSA) is 66.8 Å². The summed E-state index contributed by atoms with van der Waals surface area (Å²) in [5.41, 5.74) is 1.24. The van der Waals surface area contributed by atoms with Crippen molar-refractivity contribution >= 4 is 11.9 Å². The Morgan fingerprint density at radius 2 is 1.89 bits per heavy atom. The second-order valence-electron chi connectivity index (χ2n) is 4.16. The molecule has 1 rings (SSSR count). The first kappa shape index (κ1) is 15.2. The molecule has 0 heterocycles. The second kappa shape index (κ2) is 7.53. The van der Waals surface area contributed by atoms with Crippen LogP contribution in [0, 0.1) is 0 Å². The van der Waals surface area contributed by atoms with Crippen molar-refractivity contribution in [3.63, 3.8) is 0 Å². The Hall–Kier alpha value is -1.88. The van der Waals surface area contributed by atoms with Gasteiger partial charge in [0.15, 0.2) is 0 Å². The number of hydrogen-bond donors (Lipinski definition) is 1. The van der Waals surface area contributed by atoms with E-state index in [2.05, 4.69) is 4.74 Å². The van der Waals surface area contributed by atoms with Gasteiger partial charge in [0.2, 0.25) is 0 Å². The molecule has 0 radical (unpaired) electrons. The smallest absolute Gasteiger partial charge is 0.325 e. The molecule has 0 unspecified atom stereocenters. The maximum Gasteiger partial charge on any atom is 0.325 e. The third-order valence-corrected chi connectivity index (χ3v) is 2.71. The van der Waals surface area contributed by atoms with Crippen LogP contribution in [0.2, 0.25) is 0 Å². The molecule has 0 atom stereocenters. The number of hydrogen-bond acceptors (Lipinski definition) is 4. The number of esters is 1. The number of rotatable bonds is 6. The van der Waals surface area contributed by atoms with Gasteiger partial charge in [-0.25, -0.2) is 0 Å². The Morgan fingerprint density at radius 3 is 2.37 bits per heavy atom. The molecular weight excluding hydrogens is 246 g/mol. The Labute approximate surface area is 112 Å². The minimum atomic E-state index is -0.436. The highest BCUT2D eigenvalue weighted by Gasteiger charge is 2.18. The van der Waals surface area contributed by atoms with E-state index in [0.29, 0.717) is 12.1 Å². The molecule has 19 heavy (non-hydrogen) atoms. The molecule has 104 valence electrons. The average molecular weight is 265 g/mol. The van der Waals surface area contributed by atoms with Crippen LogP contribution >= 0.6 is 0 Å². The molecule has 5 heteroatoms. The molecule has 1 amide bonds. The summed E-state index contributed by atoms with van der Waals surface area (Å²) in [4.78, 5) is 25.0. The Kier molecular flexibility index (Phi) is 6.02. The Balaban J connectivity index is 2.82. The predicted octanol–water partition coefficient (Wildman–Crippen LogP) is 1.20. The van der Waals surface area contributed by atoms with E-state index < -0.39 is 5.97 Å². The van der Waals surface area contributed by atoms with Crippen LogP contribution < -0.4 is 0 Å². The summed E-state index contributed by atoms with van der Waals surface area (Å²) in [6.45, 7) is 2.32. The molecule has 1 N–H and O–H groups in total. The van der Waals surface area contributed by atoms with Crippen LogP contribution in [0.1, 0.15) is 29.3 Å². The fourth-order valence-corrected chi connectivity index (χ4v) is 1.68. The van der Waals surface area contributed by atoms with Gasteiger partial charge in [0.05, 0.1) is 13.7 Å². The lowest BCUT2D eigenvalue weighted by Gasteiger charge is -2.20. The molecule has 0 aromatic heterocycles. The minimum absolute atomic E-state index is 0.0507. The van der Waals surface area contributed by atoms with Crippen LogP contribution in [0.4, 0.5) is 0 Å². The quantitative estimate of drug-likeness (QED) is 0.785. The number of carbonyl (C=O) groups excluding carboxylic acids is 2. The summed E-state index contributed by atoms with van der Waals surface area (Å²) in [5.74, 6) is -0.648. The lowest BCUT2D eigenvalue weighted by atomic mass is 10.1. The van der Waals surface area contributed by atoms with Gasteiger partial charge in [0.25, 0.3) is 5.91 Å². The molecule has 0 aliphatic rings. The Bertz CT molecular complexity index is 428. The minimum Gasteiger partial charge on any atom is -0.468 e. The van der Waals surface area contributed by atoms with Crippen molar-refractivity contribution in [1.82, 2.24) is 4.90 Å². The molecular formula is C14H19NO4. The Morgan fingerprint density at radius 1 is 1.26 bits per heavy atom. The van der Waals surface area contributed by atoms with Crippen LogP contribution in [0.15, 0.2) is 24.3 Å². The lowest BCUT2D eigenvalue weighted by molar-refractivity contribution is -0.141. The van der Waals surface area contributed by atoms with Gasteiger partial charge in [-0.15, -0.1) is 0 Å². The van der Waals surface area contributed by atoms with Gasteiger partial charge in [-0.05, 0) is 24.1 Å². The second-order valence-corrected chi connectivity index (χ2v) is 4.16. The standard InChI is InChI=1S/C14H19NO4/c1-3-8-15(9-13(17)19-2)14(18)12-6-4-11(10-16)5-7-12/h4-7,16H,3,8-10H2,1-2H3. The molecule has 0 spiro atoms. The van der Waals surface area contributed by atoms with E-state index in [1.54, 1.807) is 24.3 Å². The first-order valence-corrected chi connectivity index (χ1v) is 6.18. The van der Waals surface area contributed by atoms with Crippen LogP contribution in [0.5, 0.6) is 0 Å². The number of ether oxygens (including phenoxy) is 1. The zero-order chi connectivity index (χ0) is 14.3. The van der Waals surface area contributed by atoms with Crippen molar-refractivity contribution in [2.45, 2.75) is 20.0 Å². The van der Waals surface area contributed by atoms with Crippen molar-refractivity contribution in [2.75, 3.05) is 20.2 Å². The molecule has 1 aromatic rings. The number of amides is 1. The zero-order valence-corrected chi connectivity index (χ0v) is 11.3. The van der Waals surface area contributed by atoms with Gasteiger partial charge < -0.3 is 14.7 Å². The number of methoxy groups -OCH3 is 1. The number of aliphatic hydroxyl groups is 1. The van der Waals surface area contributed by atoms with Crippen LogP contribution in [0.25, 0.3) is 0 Å². The van der Waals surface area contributed by atoms with Gasteiger partial charge >= 0.3 is 5.97 Å². The molecule has 0 fully saturated rings. The van der Waals surface area contributed by atoms with Crippen molar-refractivity contribution < 1.29 is 19.4 Å². The summed E-state index contributed by atoms with van der Waals surface area (Å²) in [6, 6.07) is 6.67. The van der Waals surface area contributed by atoms with E-state index in [0.717, 1.165) is 12.0 Å². The fourth-order valence-electron chi connectivity index (χ4n) is 1.68. The van der Waals surface area contributed by atoms with Gasteiger partial charge in [0, 0.05) is 12.1 Å². The largest absolute Gasteiger partial charge is 0.468 e. The number of carbonyl (C=O) groups is 2. The SMILES string of the molecule is CCCN(CC(=O)OC)C(=O)c1ccc(CO)cc1. The van der Waals surface area contributed by atoms with Crippen molar-refractivity contribution in [3.8, 4) is 0 Å². The first-order chi connectivity index (χ1) is 9.12. The summed E-state index contributed by atoms with van der Waals surface area (Å²) in [7, 11) is 1.30. The lowest BCUT2D eigenvalue weighted by Crippen LogP contribution is -2.36. The number of benzene rings is 1. The maximum atomic E-state index is 12.2. The van der Waals surface area contributed by atoms with Crippen LogP contribution in [-0.2, 0) is 16.1 Å². The molecule has 0 saturated heterocycles. The van der Waals surface area contributed by atoms with E-state index >= 15 is 0 Å². The van der Waals surface area contributed by atoms with Gasteiger partial charge in [-0.1, -0.05) is 19.1 Å². The van der Waals surface area contributed by atoms with Gasteiger partial charge in [-0.2, -0.15) is 0 Å². The van der Waals surface area contributed by atoms with Crippen LogP contribution in [0.3, 0.4) is 0 Å². The summed E-state index contributed by atoms with van der Waals surface area (Å²) < 4.78 is 4.58. The van der Waals surface area contributed by atoms with Crippen molar-refractivity contribution in [3.05, 3.63) is 35.4 Å². The van der Waals surface area contributed by atoms with E-state index in [4.69, 9.17) is 5.11 Å². The summed E-state index contributed by atoms with van der Waals surface area (Å²) in [5, 5.41) is 8.95. The molecule has 5 nitrogen and oxygen atoms in total. The highest BCUT2D eigenvalue weighted by Crippen LogP contribution is 2.08. The van der Waals surface area contributed by atoms with Crippen LogP contribution in [-0.4, -0.2) is 42.1 Å². The van der Waals surface area contributed by atoms with Crippen molar-refractivity contribution in [1.29, 1.82) is 0 Å². The monoisotopic (exact) mass is 265 g/mol. The average Bonchev–Trinajstić information content (AvgIpc) is 2.46. The summed E-state index contributed by atoms with van der Waals surface area (Å²) >= 11 is 0. The molecule has 0 saturated carbocycles. The van der Waals surface area contributed by atoms with Gasteiger partial charge in [0.1, 0.15) is 6.54 Å². The highest BCUT2D eigenvalue weighted by atomic mass is 16.5. The number of aliphatic hydroxyl groups excluding tert-OH is 1. The molecule has 1 aromatic carbocycles. The fraction of sp³-hybridized carbons (Fsp3) is 0.429. The summed E-state index contributed by atoms with van der Waals surface area (Å²) in [6.07, 6.45) is 0.761. The third kappa shape index (κ3) is 4.37. The third-order valence-electron chi connectivity index (χ3n) is 2.71. The maximum absolute atomic E-state index is 12.2. The van der Waals surface area contributed by atoms with E-state index in [-0.39, 0.29) is 19.1 Å². The van der Waals surface area contributed by atoms with Gasteiger partial charge in [-0.3, -0.25) is 9.59 Å². The number of nitrogens with zero attached hydrogens (tertiary/aromatic N) is 1. The molecule has 0 aliphatic heterocycles. The normalized spacial score (nSPS) is 10.1. The first-order valence-electron chi connectivity index (χ1n) is 6.18. The van der Waals surface area contributed by atoms with E-state index in [1.165, 1.54) is 12.0 Å². The molecule has 0 aliphatic carbocycles. The highest BCUT2D eigenvalue weighted by molar-refractivity contribution is 5.96. The van der Waals surface area contributed by atoms with E-state index in [1.807, 2.05) is 6.92 Å². The molecule has 0 bridgehead atoms. The zero-order valence-electron chi connectivity index (χ0n) is 11.3. The van der Waals surface area contributed by atoms with E-state index in [9.17, 15) is 9.59 Å². The predicted molar refractivity (Wildman–Crippen MR) is 70.6 cm³/mol. The van der Waals surface area contributed by atoms with Crippen molar-refractivity contribution in [2.24, 2.45) is 0 Å².